The highest BCUT2D eigenvalue weighted by molar-refractivity contribution is 6.02. The van der Waals surface area contributed by atoms with Crippen LogP contribution in [0.4, 0.5) is 5.69 Å². The van der Waals surface area contributed by atoms with Crippen molar-refractivity contribution in [3.05, 3.63) is 47.2 Å². The van der Waals surface area contributed by atoms with Crippen LogP contribution in [0.25, 0.3) is 0 Å². The summed E-state index contributed by atoms with van der Waals surface area (Å²) in [6, 6.07) is 5.77. The number of anilines is 1. The number of carbonyl (C=O) groups excluding carboxylic acids is 1. The number of hydrogen-bond donors (Lipinski definition) is 1. The molecular formula is C13H14N2O2. The summed E-state index contributed by atoms with van der Waals surface area (Å²) in [7, 11) is 0. The van der Waals surface area contributed by atoms with Gasteiger partial charge in [-0.05, 0) is 37.1 Å². The quantitative estimate of drug-likeness (QED) is 0.863. The Morgan fingerprint density at radius 3 is 2.59 bits per heavy atom. The first-order chi connectivity index (χ1) is 8.06. The smallest absolute Gasteiger partial charge is 0.277 e. The lowest BCUT2D eigenvalue weighted by molar-refractivity contribution is 0.102. The molecule has 0 atom stereocenters. The number of amides is 1. The predicted molar refractivity (Wildman–Crippen MR) is 65.1 cm³/mol. The summed E-state index contributed by atoms with van der Waals surface area (Å²) in [5.41, 5.74) is 3.39. The van der Waals surface area contributed by atoms with Crippen molar-refractivity contribution < 1.29 is 9.21 Å². The standard InChI is InChI=1S/C13H14N2O2/c1-8-4-5-11(6-9(8)2)15-13(16)12-7-17-10(3)14-12/h4-7H,1-3H3,(H,15,16). The van der Waals surface area contributed by atoms with Crippen molar-refractivity contribution in [1.29, 1.82) is 0 Å². The minimum Gasteiger partial charge on any atom is -0.448 e. The van der Waals surface area contributed by atoms with Gasteiger partial charge in [0.2, 0.25) is 0 Å². The molecular weight excluding hydrogens is 216 g/mol. The first kappa shape index (κ1) is 11.4. The van der Waals surface area contributed by atoms with Crippen LogP contribution in [-0.2, 0) is 0 Å². The lowest BCUT2D eigenvalue weighted by Crippen LogP contribution is -2.12. The molecule has 0 aliphatic rings. The Kier molecular flexibility index (Phi) is 2.95. The van der Waals surface area contributed by atoms with Crippen LogP contribution in [0.3, 0.4) is 0 Å². The molecule has 1 aromatic carbocycles. The molecule has 4 nitrogen and oxygen atoms in total. The Morgan fingerprint density at radius 2 is 2.00 bits per heavy atom. The topological polar surface area (TPSA) is 55.1 Å². The molecule has 0 saturated heterocycles. The van der Waals surface area contributed by atoms with Crippen molar-refractivity contribution in [3.63, 3.8) is 0 Å². The first-order valence-electron chi connectivity index (χ1n) is 5.37. The van der Waals surface area contributed by atoms with Crippen LogP contribution < -0.4 is 5.32 Å². The highest BCUT2D eigenvalue weighted by Crippen LogP contribution is 2.15. The number of aromatic nitrogens is 1. The molecule has 0 bridgehead atoms. The normalized spacial score (nSPS) is 10.3. The summed E-state index contributed by atoms with van der Waals surface area (Å²) in [6.45, 7) is 5.74. The van der Waals surface area contributed by atoms with Crippen molar-refractivity contribution in [1.82, 2.24) is 4.98 Å². The minimum absolute atomic E-state index is 0.259. The van der Waals surface area contributed by atoms with E-state index in [0.29, 0.717) is 11.6 Å². The highest BCUT2D eigenvalue weighted by Gasteiger charge is 2.10. The van der Waals surface area contributed by atoms with E-state index in [1.165, 1.54) is 11.8 Å². The van der Waals surface area contributed by atoms with Gasteiger partial charge in [0.25, 0.3) is 5.91 Å². The number of carbonyl (C=O) groups is 1. The van der Waals surface area contributed by atoms with Crippen LogP contribution in [-0.4, -0.2) is 10.9 Å². The molecule has 1 heterocycles. The molecule has 2 aromatic rings. The number of benzene rings is 1. The molecule has 1 amide bonds. The van der Waals surface area contributed by atoms with Gasteiger partial charge in [0, 0.05) is 12.6 Å². The van der Waals surface area contributed by atoms with E-state index >= 15 is 0 Å². The maximum absolute atomic E-state index is 11.8. The van der Waals surface area contributed by atoms with E-state index in [2.05, 4.69) is 10.3 Å². The van der Waals surface area contributed by atoms with Gasteiger partial charge < -0.3 is 9.73 Å². The number of nitrogens with one attached hydrogen (secondary N) is 1. The number of oxazole rings is 1. The van der Waals surface area contributed by atoms with E-state index in [9.17, 15) is 4.79 Å². The average molecular weight is 230 g/mol. The lowest BCUT2D eigenvalue weighted by atomic mass is 10.1. The summed E-state index contributed by atoms with van der Waals surface area (Å²) in [6.07, 6.45) is 1.35. The van der Waals surface area contributed by atoms with Crippen LogP contribution in [0.5, 0.6) is 0 Å². The van der Waals surface area contributed by atoms with Gasteiger partial charge in [-0.1, -0.05) is 6.07 Å². The monoisotopic (exact) mass is 230 g/mol. The fourth-order valence-corrected chi connectivity index (χ4v) is 1.48. The summed E-state index contributed by atoms with van der Waals surface area (Å²) < 4.78 is 4.99. The van der Waals surface area contributed by atoms with Gasteiger partial charge in [0.05, 0.1) is 0 Å². The van der Waals surface area contributed by atoms with E-state index in [1.807, 2.05) is 32.0 Å². The molecule has 1 N–H and O–H groups in total. The van der Waals surface area contributed by atoms with Gasteiger partial charge in [-0.3, -0.25) is 4.79 Å². The average Bonchev–Trinajstić information content (AvgIpc) is 2.70. The molecule has 0 radical (unpaired) electrons. The van der Waals surface area contributed by atoms with Crippen molar-refractivity contribution in [2.24, 2.45) is 0 Å². The van der Waals surface area contributed by atoms with Gasteiger partial charge in [0.1, 0.15) is 6.26 Å². The second-order valence-electron chi connectivity index (χ2n) is 4.00. The van der Waals surface area contributed by atoms with Gasteiger partial charge in [-0.2, -0.15) is 0 Å². The molecule has 0 aliphatic carbocycles. The van der Waals surface area contributed by atoms with E-state index < -0.39 is 0 Å². The predicted octanol–water partition coefficient (Wildman–Crippen LogP) is 2.85. The summed E-state index contributed by atoms with van der Waals surface area (Å²) in [4.78, 5) is 15.8. The Bertz CT molecular complexity index is 558. The van der Waals surface area contributed by atoms with Crippen molar-refractivity contribution in [2.75, 3.05) is 5.32 Å². The molecule has 0 spiro atoms. The third kappa shape index (κ3) is 2.53. The lowest BCUT2D eigenvalue weighted by Gasteiger charge is -2.05. The zero-order chi connectivity index (χ0) is 12.4. The summed E-state index contributed by atoms with van der Waals surface area (Å²) in [5.74, 6) is 0.223. The van der Waals surface area contributed by atoms with E-state index in [4.69, 9.17) is 4.42 Å². The zero-order valence-electron chi connectivity index (χ0n) is 10.1. The molecule has 0 unspecified atom stereocenters. The Hall–Kier alpha value is -2.10. The number of hydrogen-bond acceptors (Lipinski definition) is 3. The zero-order valence-corrected chi connectivity index (χ0v) is 10.1. The van der Waals surface area contributed by atoms with Crippen molar-refractivity contribution >= 4 is 11.6 Å². The number of aryl methyl sites for hydroxylation is 3. The maximum atomic E-state index is 11.8. The molecule has 1 aromatic heterocycles. The Balaban J connectivity index is 2.15. The third-order valence-corrected chi connectivity index (χ3v) is 2.62. The van der Waals surface area contributed by atoms with E-state index in [0.717, 1.165) is 11.3 Å². The Morgan fingerprint density at radius 1 is 1.24 bits per heavy atom. The van der Waals surface area contributed by atoms with Crippen LogP contribution in [0.1, 0.15) is 27.5 Å². The fraction of sp³-hybridized carbons (Fsp3) is 0.231. The largest absolute Gasteiger partial charge is 0.448 e. The summed E-state index contributed by atoms with van der Waals surface area (Å²) in [5, 5.41) is 2.78. The van der Waals surface area contributed by atoms with Crippen LogP contribution in [0, 0.1) is 20.8 Å². The van der Waals surface area contributed by atoms with Gasteiger partial charge in [-0.15, -0.1) is 0 Å². The second-order valence-corrected chi connectivity index (χ2v) is 4.00. The van der Waals surface area contributed by atoms with Crippen LogP contribution in [0.15, 0.2) is 28.9 Å². The summed E-state index contributed by atoms with van der Waals surface area (Å²) >= 11 is 0. The molecule has 2 rings (SSSR count). The fourth-order valence-electron chi connectivity index (χ4n) is 1.48. The molecule has 88 valence electrons. The van der Waals surface area contributed by atoms with E-state index in [1.54, 1.807) is 6.92 Å². The second kappa shape index (κ2) is 4.41. The van der Waals surface area contributed by atoms with Crippen molar-refractivity contribution in [3.8, 4) is 0 Å². The number of nitrogens with zero attached hydrogens (tertiary/aromatic N) is 1. The number of rotatable bonds is 2. The maximum Gasteiger partial charge on any atom is 0.277 e. The minimum atomic E-state index is -0.259. The SMILES string of the molecule is Cc1nc(C(=O)Nc2ccc(C)c(C)c2)co1. The van der Waals surface area contributed by atoms with Crippen LogP contribution >= 0.6 is 0 Å². The highest BCUT2D eigenvalue weighted by atomic mass is 16.3. The molecule has 0 saturated carbocycles. The third-order valence-electron chi connectivity index (χ3n) is 2.62. The van der Waals surface area contributed by atoms with Crippen LogP contribution in [0.2, 0.25) is 0 Å². The molecule has 0 fully saturated rings. The first-order valence-corrected chi connectivity index (χ1v) is 5.37. The molecule has 0 aliphatic heterocycles. The van der Waals surface area contributed by atoms with Gasteiger partial charge in [0.15, 0.2) is 11.6 Å². The van der Waals surface area contributed by atoms with Gasteiger partial charge in [-0.25, -0.2) is 4.98 Å². The van der Waals surface area contributed by atoms with Gasteiger partial charge >= 0.3 is 0 Å². The molecule has 17 heavy (non-hydrogen) atoms. The van der Waals surface area contributed by atoms with Crippen molar-refractivity contribution in [2.45, 2.75) is 20.8 Å². The van der Waals surface area contributed by atoms with E-state index in [-0.39, 0.29) is 5.91 Å². The Labute approximate surface area is 99.7 Å². The molecule has 4 heteroatoms.